The monoisotopic (exact) mass is 420 g/mol. The van der Waals surface area contributed by atoms with Crippen molar-refractivity contribution >= 4 is 23.3 Å². The molecule has 1 aliphatic carbocycles. The van der Waals surface area contributed by atoms with Crippen LogP contribution in [0.4, 0.5) is 5.82 Å². The summed E-state index contributed by atoms with van der Waals surface area (Å²) < 4.78 is 0. The van der Waals surface area contributed by atoms with Crippen molar-refractivity contribution < 1.29 is 0 Å². The van der Waals surface area contributed by atoms with Crippen molar-refractivity contribution in [2.24, 2.45) is 10.9 Å². The summed E-state index contributed by atoms with van der Waals surface area (Å²) in [5.74, 6) is 2.07. The van der Waals surface area contributed by atoms with Crippen LogP contribution in [0.25, 0.3) is 0 Å². The van der Waals surface area contributed by atoms with Gasteiger partial charge in [0.2, 0.25) is 0 Å². The highest BCUT2D eigenvalue weighted by atomic mass is 35.5. The topological polar surface area (TPSA) is 49.3 Å². The molecule has 1 aromatic carbocycles. The molecular formula is C25H29ClN4. The highest BCUT2D eigenvalue weighted by Gasteiger charge is 2.25. The molecule has 156 valence electrons. The summed E-state index contributed by atoms with van der Waals surface area (Å²) in [6.45, 7) is 6.95. The smallest absolute Gasteiger partial charge is 0.126 e. The summed E-state index contributed by atoms with van der Waals surface area (Å²) in [6.07, 6.45) is 10.4. The van der Waals surface area contributed by atoms with Crippen molar-refractivity contribution in [1.29, 1.82) is 0 Å². The Balaban J connectivity index is 1.49. The largest absolute Gasteiger partial charge is 0.367 e. The summed E-state index contributed by atoms with van der Waals surface area (Å²) >= 11 is 6.57. The van der Waals surface area contributed by atoms with Gasteiger partial charge in [-0.1, -0.05) is 67.1 Å². The summed E-state index contributed by atoms with van der Waals surface area (Å²) in [6, 6.07) is 12.9. The van der Waals surface area contributed by atoms with Gasteiger partial charge in [-0.2, -0.15) is 0 Å². The number of aliphatic imine (C=N–C) groups is 1. The number of nitrogens with one attached hydrogen (secondary N) is 2. The molecule has 0 bridgehead atoms. The molecule has 1 aliphatic heterocycles. The number of allylic oxidation sites excluding steroid dienone is 1. The summed E-state index contributed by atoms with van der Waals surface area (Å²) in [7, 11) is 0. The zero-order valence-electron chi connectivity index (χ0n) is 17.4. The Kier molecular flexibility index (Phi) is 6.53. The molecule has 2 aromatic rings. The van der Waals surface area contributed by atoms with Gasteiger partial charge < -0.3 is 10.6 Å². The molecule has 30 heavy (non-hydrogen) atoms. The Bertz CT molecular complexity index is 941. The molecule has 2 atom stereocenters. The predicted molar refractivity (Wildman–Crippen MR) is 126 cm³/mol. The second-order valence-electron chi connectivity index (χ2n) is 8.29. The molecule has 2 N–H and O–H groups in total. The van der Waals surface area contributed by atoms with Crippen LogP contribution in [-0.2, 0) is 6.54 Å². The molecule has 0 saturated heterocycles. The van der Waals surface area contributed by atoms with Gasteiger partial charge in [0, 0.05) is 12.2 Å². The summed E-state index contributed by atoms with van der Waals surface area (Å²) in [5, 5.41) is 7.85. The number of hydrogen-bond acceptors (Lipinski definition) is 3. The second-order valence-corrected chi connectivity index (χ2v) is 8.69. The van der Waals surface area contributed by atoms with Crippen LogP contribution in [0.1, 0.15) is 49.8 Å². The molecule has 0 amide bonds. The normalized spacial score (nSPS) is 23.4. The number of halogens is 1. The molecule has 0 spiro atoms. The van der Waals surface area contributed by atoms with Gasteiger partial charge >= 0.3 is 0 Å². The summed E-state index contributed by atoms with van der Waals surface area (Å²) in [4.78, 5) is 9.28. The zero-order valence-corrected chi connectivity index (χ0v) is 18.2. The molecule has 1 saturated carbocycles. The van der Waals surface area contributed by atoms with Crippen molar-refractivity contribution in [2.75, 3.05) is 5.32 Å². The van der Waals surface area contributed by atoms with E-state index < -0.39 is 0 Å². The Labute approximate surface area is 184 Å². The first-order valence-corrected chi connectivity index (χ1v) is 11.1. The maximum absolute atomic E-state index is 6.57. The standard InChI is InChI=1S/C25H29ClN4/c1-17-8-11-20(12-9-17)29-24-14-21(22(26)16-28-24)25-18(2)10-13-23(30-25)27-15-19-6-4-3-5-7-19/h3-7,10,13-14,16,18,20,25H,1,8-9,11-12,15H2,2H3,(H,27,30)(H,28,29). The van der Waals surface area contributed by atoms with Crippen molar-refractivity contribution in [1.82, 2.24) is 10.3 Å². The Morgan fingerprint density at radius 2 is 2.00 bits per heavy atom. The van der Waals surface area contributed by atoms with Gasteiger partial charge in [-0.15, -0.1) is 0 Å². The van der Waals surface area contributed by atoms with Gasteiger partial charge in [0.1, 0.15) is 11.7 Å². The van der Waals surface area contributed by atoms with Crippen LogP contribution in [0, 0.1) is 5.92 Å². The molecule has 2 heterocycles. The van der Waals surface area contributed by atoms with E-state index in [0.29, 0.717) is 23.5 Å². The lowest BCUT2D eigenvalue weighted by molar-refractivity contribution is 0.505. The first kappa shape index (κ1) is 20.7. The van der Waals surface area contributed by atoms with Gasteiger partial charge in [-0.3, -0.25) is 4.99 Å². The number of amidine groups is 1. The molecule has 1 aromatic heterocycles. The quantitative estimate of drug-likeness (QED) is 0.576. The van der Waals surface area contributed by atoms with Crippen molar-refractivity contribution in [3.8, 4) is 0 Å². The van der Waals surface area contributed by atoms with Crippen LogP contribution in [0.2, 0.25) is 5.02 Å². The molecule has 5 heteroatoms. The minimum absolute atomic E-state index is 0.0618. The number of benzene rings is 1. The fraction of sp³-hybridized carbons (Fsp3) is 0.360. The van der Waals surface area contributed by atoms with Gasteiger partial charge in [-0.25, -0.2) is 4.98 Å². The molecule has 2 unspecified atom stereocenters. The van der Waals surface area contributed by atoms with E-state index in [0.717, 1.165) is 42.9 Å². The lowest BCUT2D eigenvalue weighted by Crippen LogP contribution is -2.35. The molecule has 4 rings (SSSR count). The van der Waals surface area contributed by atoms with E-state index in [2.05, 4.69) is 59.5 Å². The maximum Gasteiger partial charge on any atom is 0.126 e. The van der Waals surface area contributed by atoms with Crippen LogP contribution in [0.15, 0.2) is 71.9 Å². The second kappa shape index (κ2) is 9.48. The van der Waals surface area contributed by atoms with E-state index in [1.54, 1.807) is 6.20 Å². The highest BCUT2D eigenvalue weighted by Crippen LogP contribution is 2.33. The average molecular weight is 421 g/mol. The molecule has 4 nitrogen and oxygen atoms in total. The van der Waals surface area contributed by atoms with E-state index >= 15 is 0 Å². The number of anilines is 1. The number of pyridine rings is 1. The third-order valence-electron chi connectivity index (χ3n) is 5.93. The van der Waals surface area contributed by atoms with Crippen LogP contribution in [-0.4, -0.2) is 16.9 Å². The fourth-order valence-electron chi connectivity index (χ4n) is 4.06. The van der Waals surface area contributed by atoms with Crippen LogP contribution < -0.4 is 10.6 Å². The van der Waals surface area contributed by atoms with E-state index in [-0.39, 0.29) is 6.04 Å². The Morgan fingerprint density at radius 1 is 1.23 bits per heavy atom. The van der Waals surface area contributed by atoms with Crippen LogP contribution in [0.5, 0.6) is 0 Å². The summed E-state index contributed by atoms with van der Waals surface area (Å²) in [5.41, 5.74) is 3.60. The van der Waals surface area contributed by atoms with Crippen LogP contribution >= 0.6 is 11.6 Å². The number of rotatable bonds is 5. The van der Waals surface area contributed by atoms with Gasteiger partial charge in [0.15, 0.2) is 0 Å². The zero-order chi connectivity index (χ0) is 20.9. The number of hydrogen-bond donors (Lipinski definition) is 2. The highest BCUT2D eigenvalue weighted by molar-refractivity contribution is 6.31. The van der Waals surface area contributed by atoms with Gasteiger partial charge in [0.05, 0.1) is 17.6 Å². The first-order valence-electron chi connectivity index (χ1n) is 10.7. The number of nitrogens with zero attached hydrogens (tertiary/aromatic N) is 2. The van der Waals surface area contributed by atoms with Crippen molar-refractivity contribution in [3.63, 3.8) is 0 Å². The lowest BCUT2D eigenvalue weighted by atomic mass is 9.91. The van der Waals surface area contributed by atoms with E-state index in [1.165, 1.54) is 11.1 Å². The molecule has 1 fully saturated rings. The maximum atomic E-state index is 6.57. The van der Waals surface area contributed by atoms with Gasteiger partial charge in [0.25, 0.3) is 0 Å². The third kappa shape index (κ3) is 5.11. The lowest BCUT2D eigenvalue weighted by Gasteiger charge is -2.30. The minimum Gasteiger partial charge on any atom is -0.367 e. The average Bonchev–Trinajstić information content (AvgIpc) is 2.77. The van der Waals surface area contributed by atoms with E-state index in [1.807, 2.05) is 18.2 Å². The molecule has 2 aliphatic rings. The predicted octanol–water partition coefficient (Wildman–Crippen LogP) is 6.08. The van der Waals surface area contributed by atoms with E-state index in [9.17, 15) is 0 Å². The third-order valence-corrected chi connectivity index (χ3v) is 6.24. The fourth-order valence-corrected chi connectivity index (χ4v) is 4.28. The first-order chi connectivity index (χ1) is 14.6. The van der Waals surface area contributed by atoms with E-state index in [4.69, 9.17) is 16.6 Å². The SMILES string of the molecule is C=C1CCC(Nc2cc(C3NC(=NCc4ccccc4)C=CC3C)c(Cl)cn2)CC1. The Morgan fingerprint density at radius 3 is 2.77 bits per heavy atom. The van der Waals surface area contributed by atoms with Gasteiger partial charge in [-0.05, 0) is 54.9 Å². The van der Waals surface area contributed by atoms with Crippen molar-refractivity contribution in [3.05, 3.63) is 83.0 Å². The molecule has 0 radical (unpaired) electrons. The van der Waals surface area contributed by atoms with Crippen molar-refractivity contribution in [2.45, 2.75) is 51.2 Å². The Hall–Kier alpha value is -2.59. The van der Waals surface area contributed by atoms with Crippen LogP contribution in [0.3, 0.4) is 0 Å². The minimum atomic E-state index is 0.0618. The number of aromatic nitrogens is 1. The molecular weight excluding hydrogens is 392 g/mol.